The minimum Gasteiger partial charge on any atom is -0.468 e. The number of carbonyl (C=O) groups excluding carboxylic acids is 3. The maximum Gasteiger partial charge on any atom is 0.323 e. The quantitative estimate of drug-likeness (QED) is 0.700. The van der Waals surface area contributed by atoms with Crippen LogP contribution in [0.1, 0.15) is 32.1 Å². The molecule has 158 valence electrons. The summed E-state index contributed by atoms with van der Waals surface area (Å²) in [6, 6.07) is 2.71. The zero-order valence-corrected chi connectivity index (χ0v) is 16.2. The van der Waals surface area contributed by atoms with Gasteiger partial charge in [0.2, 0.25) is 11.8 Å². The van der Waals surface area contributed by atoms with E-state index in [1.165, 1.54) is 13.2 Å². The molecule has 3 rings (SSSR count). The number of hydrogen-bond acceptors (Lipinski definition) is 5. The molecule has 7 nitrogen and oxygen atoms in total. The number of methoxy groups -OCH3 is 1. The number of rotatable bonds is 6. The number of anilines is 1. The van der Waals surface area contributed by atoms with E-state index in [2.05, 4.69) is 10.6 Å². The third kappa shape index (κ3) is 5.09. The summed E-state index contributed by atoms with van der Waals surface area (Å²) in [7, 11) is 1.34. The van der Waals surface area contributed by atoms with E-state index in [4.69, 9.17) is 4.74 Å². The van der Waals surface area contributed by atoms with Gasteiger partial charge in [-0.05, 0) is 37.3 Å². The topological polar surface area (TPSA) is 87.7 Å². The number of carbonyl (C=O) groups is 3. The Morgan fingerprint density at radius 2 is 1.90 bits per heavy atom. The van der Waals surface area contributed by atoms with Crippen molar-refractivity contribution in [2.24, 2.45) is 5.92 Å². The number of likely N-dealkylation sites (tertiary alicyclic amines) is 1. The van der Waals surface area contributed by atoms with Crippen LogP contribution in [0.5, 0.6) is 0 Å². The highest BCUT2D eigenvalue weighted by molar-refractivity contribution is 5.94. The molecule has 2 N–H and O–H groups in total. The van der Waals surface area contributed by atoms with Gasteiger partial charge in [-0.3, -0.25) is 19.3 Å². The zero-order valence-electron chi connectivity index (χ0n) is 16.2. The predicted octanol–water partition coefficient (Wildman–Crippen LogP) is 1.83. The van der Waals surface area contributed by atoms with Crippen LogP contribution >= 0.6 is 0 Å². The molecule has 0 aromatic heterocycles. The number of nitrogens with one attached hydrogen (secondary N) is 2. The van der Waals surface area contributed by atoms with Crippen LogP contribution in [0.2, 0.25) is 0 Å². The molecule has 2 aliphatic rings. The van der Waals surface area contributed by atoms with Crippen molar-refractivity contribution in [1.29, 1.82) is 0 Å². The van der Waals surface area contributed by atoms with Gasteiger partial charge in [0.05, 0.1) is 20.2 Å². The smallest absolute Gasteiger partial charge is 0.323 e. The molecular formula is C20H25F2N3O4. The van der Waals surface area contributed by atoms with Gasteiger partial charge in [-0.15, -0.1) is 0 Å². The lowest BCUT2D eigenvalue weighted by molar-refractivity contribution is -0.147. The van der Waals surface area contributed by atoms with Crippen molar-refractivity contribution >= 4 is 23.5 Å². The van der Waals surface area contributed by atoms with Gasteiger partial charge in [0.15, 0.2) is 11.6 Å². The summed E-state index contributed by atoms with van der Waals surface area (Å²) < 4.78 is 31.0. The van der Waals surface area contributed by atoms with Crippen molar-refractivity contribution in [3.8, 4) is 0 Å². The molecule has 1 saturated heterocycles. The van der Waals surface area contributed by atoms with Crippen molar-refractivity contribution in [3.05, 3.63) is 29.8 Å². The lowest BCUT2D eigenvalue weighted by Gasteiger charge is -2.32. The molecular weight excluding hydrogens is 384 g/mol. The van der Waals surface area contributed by atoms with Crippen molar-refractivity contribution < 1.29 is 27.9 Å². The number of nitrogens with zero attached hydrogens (tertiary/aromatic N) is 1. The minimum atomic E-state index is -1.07. The minimum absolute atomic E-state index is 0.000605. The number of ether oxygens (including phenoxy) is 1. The lowest BCUT2D eigenvalue weighted by Crippen LogP contribution is -2.48. The Balaban J connectivity index is 1.53. The molecule has 0 bridgehead atoms. The van der Waals surface area contributed by atoms with Gasteiger partial charge in [-0.25, -0.2) is 8.78 Å². The molecule has 1 aromatic carbocycles. The molecule has 9 heteroatoms. The van der Waals surface area contributed by atoms with Gasteiger partial charge in [0.25, 0.3) is 0 Å². The number of amides is 2. The van der Waals surface area contributed by atoms with Crippen LogP contribution in [0, 0.1) is 17.6 Å². The van der Waals surface area contributed by atoms with Crippen LogP contribution in [-0.2, 0) is 19.1 Å². The van der Waals surface area contributed by atoms with Gasteiger partial charge in [0, 0.05) is 17.8 Å². The third-order valence-electron chi connectivity index (χ3n) is 5.67. The summed E-state index contributed by atoms with van der Waals surface area (Å²) in [5, 5.41) is 4.91. The fourth-order valence-corrected chi connectivity index (χ4v) is 4.33. The molecule has 1 aliphatic heterocycles. The third-order valence-corrected chi connectivity index (χ3v) is 5.67. The van der Waals surface area contributed by atoms with E-state index in [1.807, 2.05) is 4.90 Å². The van der Waals surface area contributed by atoms with Crippen molar-refractivity contribution in [2.75, 3.05) is 25.5 Å². The molecule has 1 saturated carbocycles. The van der Waals surface area contributed by atoms with Crippen LogP contribution < -0.4 is 10.6 Å². The Hall–Kier alpha value is -2.55. The average molecular weight is 409 g/mol. The van der Waals surface area contributed by atoms with Crippen LogP contribution in [0.3, 0.4) is 0 Å². The maximum atomic E-state index is 13.2. The summed E-state index contributed by atoms with van der Waals surface area (Å²) in [6.07, 6.45) is 4.83. The van der Waals surface area contributed by atoms with Gasteiger partial charge < -0.3 is 15.4 Å². The van der Waals surface area contributed by atoms with Crippen LogP contribution in [0.4, 0.5) is 14.5 Å². The zero-order chi connectivity index (χ0) is 21.0. The fourth-order valence-electron chi connectivity index (χ4n) is 4.33. The van der Waals surface area contributed by atoms with Crippen molar-refractivity contribution in [2.45, 2.75) is 44.2 Å². The Bertz CT molecular complexity index is 789. The van der Waals surface area contributed by atoms with Crippen LogP contribution in [0.15, 0.2) is 18.2 Å². The summed E-state index contributed by atoms with van der Waals surface area (Å²) in [5.74, 6) is -3.00. The molecule has 1 aliphatic carbocycles. The average Bonchev–Trinajstić information content (AvgIpc) is 3.07. The Morgan fingerprint density at radius 1 is 1.14 bits per heavy atom. The van der Waals surface area contributed by atoms with E-state index in [1.54, 1.807) is 0 Å². The van der Waals surface area contributed by atoms with E-state index in [0.717, 1.165) is 37.8 Å². The molecule has 2 fully saturated rings. The molecule has 3 atom stereocenters. The largest absolute Gasteiger partial charge is 0.468 e. The van der Waals surface area contributed by atoms with E-state index in [-0.39, 0.29) is 36.7 Å². The van der Waals surface area contributed by atoms with Crippen LogP contribution in [0.25, 0.3) is 0 Å². The summed E-state index contributed by atoms with van der Waals surface area (Å²) in [6.45, 7) is -0.317. The van der Waals surface area contributed by atoms with E-state index < -0.39 is 23.6 Å². The number of hydrogen-bond donors (Lipinski definition) is 2. The second kappa shape index (κ2) is 9.30. The second-order valence-electron chi connectivity index (χ2n) is 7.51. The molecule has 1 heterocycles. The van der Waals surface area contributed by atoms with Crippen LogP contribution in [-0.4, -0.2) is 55.0 Å². The standard InChI is InChI=1S/C20H25F2N3O4/c1-29-20(28)17-8-12-4-2-3-5-16(12)25(17)11-19(27)23-10-18(26)24-13-6-7-14(21)15(22)9-13/h6-7,9,12,16-17H,2-5,8,10-11H2,1H3,(H,23,27)(H,24,26). The van der Waals surface area contributed by atoms with Gasteiger partial charge in [-0.2, -0.15) is 0 Å². The number of fused-ring (bicyclic) bond motifs is 1. The molecule has 1 aromatic rings. The van der Waals surface area contributed by atoms with Gasteiger partial charge >= 0.3 is 5.97 Å². The molecule has 2 amide bonds. The Kier molecular flexibility index (Phi) is 6.79. The highest BCUT2D eigenvalue weighted by atomic mass is 19.2. The first-order chi connectivity index (χ1) is 13.9. The highest BCUT2D eigenvalue weighted by Crippen LogP contribution is 2.39. The predicted molar refractivity (Wildman–Crippen MR) is 101 cm³/mol. The normalized spacial score (nSPS) is 23.9. The highest BCUT2D eigenvalue weighted by Gasteiger charge is 2.46. The summed E-state index contributed by atoms with van der Waals surface area (Å²) >= 11 is 0. The number of esters is 1. The van der Waals surface area contributed by atoms with Crippen molar-refractivity contribution in [1.82, 2.24) is 10.2 Å². The SMILES string of the molecule is COC(=O)C1CC2CCCCC2N1CC(=O)NCC(=O)Nc1ccc(F)c(F)c1. The van der Waals surface area contributed by atoms with Crippen molar-refractivity contribution in [3.63, 3.8) is 0 Å². The van der Waals surface area contributed by atoms with Gasteiger partial charge in [-0.1, -0.05) is 12.8 Å². The summed E-state index contributed by atoms with van der Waals surface area (Å²) in [4.78, 5) is 38.4. The molecule has 0 spiro atoms. The fraction of sp³-hybridized carbons (Fsp3) is 0.550. The van der Waals surface area contributed by atoms with E-state index >= 15 is 0 Å². The lowest BCUT2D eigenvalue weighted by atomic mass is 9.85. The maximum absolute atomic E-state index is 13.2. The number of benzene rings is 1. The Labute approximate surface area is 167 Å². The molecule has 29 heavy (non-hydrogen) atoms. The monoisotopic (exact) mass is 409 g/mol. The molecule has 3 unspecified atom stereocenters. The van der Waals surface area contributed by atoms with Gasteiger partial charge in [0.1, 0.15) is 6.04 Å². The number of halogens is 2. The molecule has 0 radical (unpaired) electrons. The Morgan fingerprint density at radius 3 is 2.62 bits per heavy atom. The first kappa shape index (κ1) is 21.2. The second-order valence-corrected chi connectivity index (χ2v) is 7.51. The first-order valence-electron chi connectivity index (χ1n) is 9.74. The van der Waals surface area contributed by atoms with E-state index in [9.17, 15) is 23.2 Å². The summed E-state index contributed by atoms with van der Waals surface area (Å²) in [5.41, 5.74) is 0.0958. The first-order valence-corrected chi connectivity index (χ1v) is 9.74. The van der Waals surface area contributed by atoms with E-state index in [0.29, 0.717) is 12.3 Å².